The van der Waals surface area contributed by atoms with Gasteiger partial charge in [0.15, 0.2) is 11.5 Å². The summed E-state index contributed by atoms with van der Waals surface area (Å²) in [5.41, 5.74) is 5.18. The van der Waals surface area contributed by atoms with Crippen LogP contribution in [0.25, 0.3) is 11.1 Å². The van der Waals surface area contributed by atoms with Crippen molar-refractivity contribution in [1.29, 1.82) is 0 Å². The molecule has 1 amide bonds. The lowest BCUT2D eigenvalue weighted by molar-refractivity contribution is -0.118. The second-order valence-corrected chi connectivity index (χ2v) is 7.94. The van der Waals surface area contributed by atoms with Gasteiger partial charge in [-0.05, 0) is 71.8 Å². The van der Waals surface area contributed by atoms with Crippen molar-refractivity contribution in [1.82, 2.24) is 0 Å². The maximum Gasteiger partial charge on any atom is 0.235 e. The number of carbonyl (C=O) groups excluding carboxylic acids is 1. The summed E-state index contributed by atoms with van der Waals surface area (Å²) in [6, 6.07) is 19.5. The van der Waals surface area contributed by atoms with E-state index in [4.69, 9.17) is 9.47 Å². The van der Waals surface area contributed by atoms with Crippen molar-refractivity contribution in [3.05, 3.63) is 77.4 Å². The first kappa shape index (κ1) is 18.7. The first-order chi connectivity index (χ1) is 14.6. The zero-order valence-electron chi connectivity index (χ0n) is 16.8. The van der Waals surface area contributed by atoms with Gasteiger partial charge in [0.25, 0.3) is 0 Å². The van der Waals surface area contributed by atoms with E-state index in [0.29, 0.717) is 5.75 Å². The van der Waals surface area contributed by atoms with E-state index in [2.05, 4.69) is 5.32 Å². The van der Waals surface area contributed by atoms with Gasteiger partial charge >= 0.3 is 0 Å². The van der Waals surface area contributed by atoms with E-state index in [9.17, 15) is 9.90 Å². The third-order valence-corrected chi connectivity index (χ3v) is 6.11. The Balaban J connectivity index is 0.00000231. The Morgan fingerprint density at radius 2 is 1.87 bits per heavy atom. The lowest BCUT2D eigenvalue weighted by Gasteiger charge is -2.19. The first-order valence-electron chi connectivity index (χ1n) is 10.1. The number of amides is 1. The predicted molar refractivity (Wildman–Crippen MR) is 117 cm³/mol. The molecule has 2 N–H and O–H groups in total. The number of hydrogen-bond acceptors (Lipinski definition) is 4. The molecule has 0 radical (unpaired) electrons. The molecular weight excluding hydrogens is 378 g/mol. The molecule has 1 aliphatic heterocycles. The van der Waals surface area contributed by atoms with Crippen LogP contribution < -0.4 is 14.8 Å². The molecule has 1 fully saturated rings. The number of ether oxygens (including phenoxy) is 2. The molecule has 5 rings (SSSR count). The average Bonchev–Trinajstić information content (AvgIpc) is 3.46. The molecule has 2 aliphatic rings. The van der Waals surface area contributed by atoms with Gasteiger partial charge in [-0.1, -0.05) is 36.4 Å². The number of fused-ring (bicyclic) bond motifs is 1. The molecule has 1 saturated carbocycles. The summed E-state index contributed by atoms with van der Waals surface area (Å²) in [5.74, 6) is 1.43. The SMILES string of the molecule is Cc1c(NC(=O)C2(c3ccc4c(c3)OCO4)CC2)cccc1-c1cccc(CO)c1.[HH]. The highest BCUT2D eigenvalue weighted by molar-refractivity contribution is 6.02. The van der Waals surface area contributed by atoms with Gasteiger partial charge in [-0.3, -0.25) is 4.79 Å². The van der Waals surface area contributed by atoms with E-state index in [1.807, 2.05) is 67.6 Å². The molecule has 0 atom stereocenters. The van der Waals surface area contributed by atoms with Crippen molar-refractivity contribution in [2.45, 2.75) is 31.8 Å². The summed E-state index contributed by atoms with van der Waals surface area (Å²) in [7, 11) is 0. The highest BCUT2D eigenvalue weighted by Crippen LogP contribution is 2.51. The molecule has 30 heavy (non-hydrogen) atoms. The van der Waals surface area contributed by atoms with Crippen LogP contribution in [0.5, 0.6) is 11.5 Å². The quantitative estimate of drug-likeness (QED) is 0.642. The first-order valence-corrected chi connectivity index (χ1v) is 10.1. The van der Waals surface area contributed by atoms with Gasteiger partial charge in [-0.25, -0.2) is 0 Å². The number of aliphatic hydroxyl groups excluding tert-OH is 1. The smallest absolute Gasteiger partial charge is 0.235 e. The van der Waals surface area contributed by atoms with Gasteiger partial charge in [0.2, 0.25) is 12.7 Å². The minimum atomic E-state index is -0.514. The Morgan fingerprint density at radius 1 is 1.07 bits per heavy atom. The summed E-state index contributed by atoms with van der Waals surface area (Å²) in [5, 5.41) is 12.6. The number of nitrogens with one attached hydrogen (secondary N) is 1. The summed E-state index contributed by atoms with van der Waals surface area (Å²) >= 11 is 0. The molecule has 0 bridgehead atoms. The van der Waals surface area contributed by atoms with Crippen LogP contribution in [0.3, 0.4) is 0 Å². The molecule has 1 heterocycles. The zero-order valence-corrected chi connectivity index (χ0v) is 16.8. The molecule has 0 unspecified atom stereocenters. The van der Waals surface area contributed by atoms with Crippen LogP contribution in [0.4, 0.5) is 5.69 Å². The van der Waals surface area contributed by atoms with Crippen LogP contribution in [0.2, 0.25) is 0 Å². The Morgan fingerprint density at radius 3 is 2.67 bits per heavy atom. The van der Waals surface area contributed by atoms with Crippen molar-refractivity contribution < 1.29 is 20.8 Å². The van der Waals surface area contributed by atoms with E-state index < -0.39 is 5.41 Å². The van der Waals surface area contributed by atoms with Gasteiger partial charge in [-0.15, -0.1) is 0 Å². The summed E-state index contributed by atoms with van der Waals surface area (Å²) < 4.78 is 10.9. The van der Waals surface area contributed by atoms with Gasteiger partial charge in [0.1, 0.15) is 0 Å². The monoisotopic (exact) mass is 403 g/mol. The molecule has 0 spiro atoms. The fraction of sp³-hybridized carbons (Fsp3) is 0.240. The topological polar surface area (TPSA) is 67.8 Å². The van der Waals surface area contributed by atoms with Gasteiger partial charge in [0.05, 0.1) is 12.0 Å². The van der Waals surface area contributed by atoms with Gasteiger partial charge in [-0.2, -0.15) is 0 Å². The van der Waals surface area contributed by atoms with Crippen LogP contribution in [0.15, 0.2) is 60.7 Å². The van der Waals surface area contributed by atoms with E-state index >= 15 is 0 Å². The molecule has 5 nitrogen and oxygen atoms in total. The second kappa shape index (κ2) is 7.18. The van der Waals surface area contributed by atoms with Gasteiger partial charge in [0, 0.05) is 7.11 Å². The Hall–Kier alpha value is -3.31. The number of hydrogen-bond donors (Lipinski definition) is 2. The molecule has 154 valence electrons. The molecule has 3 aromatic rings. The molecule has 5 heteroatoms. The van der Waals surface area contributed by atoms with Gasteiger partial charge < -0.3 is 19.9 Å². The highest BCUT2D eigenvalue weighted by atomic mass is 16.7. The lowest BCUT2D eigenvalue weighted by atomic mass is 9.93. The van der Waals surface area contributed by atoms with Crippen molar-refractivity contribution in [3.8, 4) is 22.6 Å². The van der Waals surface area contributed by atoms with E-state index in [0.717, 1.165) is 52.1 Å². The van der Waals surface area contributed by atoms with E-state index in [1.165, 1.54) is 0 Å². The van der Waals surface area contributed by atoms with Crippen LogP contribution in [0.1, 0.15) is 31.0 Å². The van der Waals surface area contributed by atoms with E-state index in [-0.39, 0.29) is 20.7 Å². The summed E-state index contributed by atoms with van der Waals surface area (Å²) in [6.45, 7) is 2.24. The molecule has 3 aromatic carbocycles. The Kier molecular flexibility index (Phi) is 4.48. The fourth-order valence-electron chi connectivity index (χ4n) is 4.13. The van der Waals surface area contributed by atoms with Crippen LogP contribution in [-0.4, -0.2) is 17.8 Å². The second-order valence-electron chi connectivity index (χ2n) is 7.94. The van der Waals surface area contributed by atoms with Crippen molar-refractivity contribution in [3.63, 3.8) is 0 Å². The number of benzene rings is 3. The number of rotatable bonds is 5. The molecule has 1 aliphatic carbocycles. The third-order valence-electron chi connectivity index (χ3n) is 6.11. The minimum absolute atomic E-state index is 0. The van der Waals surface area contributed by atoms with Crippen molar-refractivity contribution in [2.75, 3.05) is 12.1 Å². The Bertz CT molecular complexity index is 1140. The normalized spacial score (nSPS) is 15.7. The van der Waals surface area contributed by atoms with Crippen molar-refractivity contribution in [2.24, 2.45) is 0 Å². The molecule has 0 aromatic heterocycles. The third kappa shape index (κ3) is 3.12. The maximum atomic E-state index is 13.3. The van der Waals surface area contributed by atoms with E-state index in [1.54, 1.807) is 0 Å². The minimum Gasteiger partial charge on any atom is -0.454 e. The number of anilines is 1. The summed E-state index contributed by atoms with van der Waals surface area (Å²) in [4.78, 5) is 13.3. The average molecular weight is 403 g/mol. The van der Waals surface area contributed by atoms with Crippen molar-refractivity contribution >= 4 is 11.6 Å². The van der Waals surface area contributed by atoms with Crippen LogP contribution in [0, 0.1) is 6.92 Å². The fourth-order valence-corrected chi connectivity index (χ4v) is 4.13. The van der Waals surface area contributed by atoms with Crippen LogP contribution >= 0.6 is 0 Å². The zero-order chi connectivity index (χ0) is 20.7. The van der Waals surface area contributed by atoms with Crippen LogP contribution in [-0.2, 0) is 16.8 Å². The Labute approximate surface area is 176 Å². The lowest BCUT2D eigenvalue weighted by Crippen LogP contribution is -2.28. The highest BCUT2D eigenvalue weighted by Gasteiger charge is 2.51. The number of carbonyl (C=O) groups is 1. The predicted octanol–water partition coefficient (Wildman–Crippen LogP) is 4.80. The molecule has 0 saturated heterocycles. The molecular formula is C25H25NO4. The maximum absolute atomic E-state index is 13.3. The summed E-state index contributed by atoms with van der Waals surface area (Å²) in [6.07, 6.45) is 1.63. The number of aliphatic hydroxyl groups is 1. The largest absolute Gasteiger partial charge is 0.454 e. The standard InChI is InChI=1S/C25H23NO4.H2/c1-16-20(18-5-2-4-17(12-18)14-27)6-3-7-21(16)26-24(28)25(10-11-25)19-8-9-22-23(13-19)30-15-29-22;/h2-9,12-13,27H,10-11,14-15H2,1H3,(H,26,28);1H.